The maximum atomic E-state index is 12.2. The number of halogens is 2. The quantitative estimate of drug-likeness (QED) is 0.403. The van der Waals surface area contributed by atoms with Crippen LogP contribution in [0, 0.1) is 0 Å². The molecule has 10 heteroatoms. The van der Waals surface area contributed by atoms with Gasteiger partial charge in [-0.15, -0.1) is 10.2 Å². The van der Waals surface area contributed by atoms with E-state index in [0.717, 1.165) is 21.8 Å². The zero-order valence-corrected chi connectivity index (χ0v) is 17.6. The maximum Gasteiger partial charge on any atom is 0.339 e. The highest BCUT2D eigenvalue weighted by Crippen LogP contribution is 2.29. The minimum atomic E-state index is -0.582. The number of carbonyl (C=O) groups is 2. The van der Waals surface area contributed by atoms with Gasteiger partial charge >= 0.3 is 5.97 Å². The summed E-state index contributed by atoms with van der Waals surface area (Å²) >= 11 is 10.5. The molecule has 0 aliphatic carbocycles. The number of hydrogen-bond donors (Lipinski definition) is 1. The first-order valence-corrected chi connectivity index (χ1v) is 10.0. The van der Waals surface area contributed by atoms with Crippen LogP contribution in [0.15, 0.2) is 56.6 Å². The Morgan fingerprint density at radius 3 is 2.79 bits per heavy atom. The minimum Gasteiger partial charge on any atom is -0.465 e. The van der Waals surface area contributed by atoms with Gasteiger partial charge in [-0.3, -0.25) is 4.79 Å². The third-order valence-electron chi connectivity index (χ3n) is 3.49. The summed E-state index contributed by atoms with van der Waals surface area (Å²) in [7, 11) is 1.26. The van der Waals surface area contributed by atoms with Crippen molar-refractivity contribution in [3.05, 3.63) is 57.5 Å². The van der Waals surface area contributed by atoms with Gasteiger partial charge in [0.25, 0.3) is 5.22 Å². The van der Waals surface area contributed by atoms with Crippen molar-refractivity contribution in [1.82, 2.24) is 10.2 Å². The Morgan fingerprint density at radius 2 is 2.04 bits per heavy atom. The largest absolute Gasteiger partial charge is 0.465 e. The van der Waals surface area contributed by atoms with E-state index in [1.165, 1.54) is 19.2 Å². The predicted molar refractivity (Wildman–Crippen MR) is 110 cm³/mol. The SMILES string of the molecule is COC(=O)c1cc(NC(=O)CSc2nnc(-c3ccccc3Br)o2)ccc1Cl. The number of nitrogens with one attached hydrogen (secondary N) is 1. The van der Waals surface area contributed by atoms with Crippen LogP contribution < -0.4 is 5.32 Å². The third kappa shape index (κ3) is 4.92. The zero-order valence-electron chi connectivity index (χ0n) is 14.4. The van der Waals surface area contributed by atoms with Gasteiger partial charge in [0.05, 0.1) is 29.0 Å². The second-order valence-electron chi connectivity index (χ2n) is 5.38. The average Bonchev–Trinajstić information content (AvgIpc) is 3.16. The average molecular weight is 483 g/mol. The van der Waals surface area contributed by atoms with Gasteiger partial charge in [0.2, 0.25) is 11.8 Å². The van der Waals surface area contributed by atoms with Gasteiger partial charge in [-0.25, -0.2) is 4.79 Å². The lowest BCUT2D eigenvalue weighted by atomic mass is 10.2. The topological polar surface area (TPSA) is 94.3 Å². The number of amides is 1. The van der Waals surface area contributed by atoms with Crippen LogP contribution in [-0.4, -0.2) is 34.9 Å². The lowest BCUT2D eigenvalue weighted by Crippen LogP contribution is -2.14. The molecule has 0 fully saturated rings. The molecule has 0 aliphatic rings. The van der Waals surface area contributed by atoms with Crippen molar-refractivity contribution >= 4 is 56.9 Å². The molecule has 0 saturated heterocycles. The fraction of sp³-hybridized carbons (Fsp3) is 0.111. The van der Waals surface area contributed by atoms with Crippen LogP contribution in [0.4, 0.5) is 5.69 Å². The zero-order chi connectivity index (χ0) is 20.1. The number of methoxy groups -OCH3 is 1. The van der Waals surface area contributed by atoms with Crippen LogP contribution in [0.2, 0.25) is 5.02 Å². The fourth-order valence-corrected chi connectivity index (χ4v) is 3.42. The monoisotopic (exact) mass is 481 g/mol. The van der Waals surface area contributed by atoms with Crippen molar-refractivity contribution in [2.75, 3.05) is 18.2 Å². The molecular formula is C18H13BrClN3O4S. The molecule has 3 rings (SSSR count). The molecular weight excluding hydrogens is 470 g/mol. The van der Waals surface area contributed by atoms with E-state index >= 15 is 0 Å². The molecule has 0 unspecified atom stereocenters. The highest BCUT2D eigenvalue weighted by Gasteiger charge is 2.15. The number of nitrogens with zero attached hydrogens (tertiary/aromatic N) is 2. The van der Waals surface area contributed by atoms with Gasteiger partial charge in [0.15, 0.2) is 0 Å². The Labute approximate surface area is 177 Å². The predicted octanol–water partition coefficient (Wildman–Crippen LogP) is 4.67. The number of ether oxygens (including phenoxy) is 1. The second kappa shape index (κ2) is 9.22. The van der Waals surface area contributed by atoms with Gasteiger partial charge in [0.1, 0.15) is 0 Å². The summed E-state index contributed by atoms with van der Waals surface area (Å²) in [6, 6.07) is 12.0. The lowest BCUT2D eigenvalue weighted by Gasteiger charge is -2.07. The summed E-state index contributed by atoms with van der Waals surface area (Å²) < 4.78 is 11.1. The van der Waals surface area contributed by atoms with E-state index in [0.29, 0.717) is 11.6 Å². The Balaban J connectivity index is 1.61. The number of esters is 1. The van der Waals surface area contributed by atoms with Gasteiger partial charge in [-0.05, 0) is 46.3 Å². The van der Waals surface area contributed by atoms with Crippen LogP contribution in [0.1, 0.15) is 10.4 Å². The molecule has 0 spiro atoms. The summed E-state index contributed by atoms with van der Waals surface area (Å²) in [6.45, 7) is 0. The first-order valence-electron chi connectivity index (χ1n) is 7.87. The summed E-state index contributed by atoms with van der Waals surface area (Å²) in [5, 5.41) is 11.1. The van der Waals surface area contributed by atoms with Crippen LogP contribution in [-0.2, 0) is 9.53 Å². The van der Waals surface area contributed by atoms with E-state index < -0.39 is 5.97 Å². The highest BCUT2D eigenvalue weighted by atomic mass is 79.9. The smallest absolute Gasteiger partial charge is 0.339 e. The molecule has 7 nitrogen and oxygen atoms in total. The molecule has 1 heterocycles. The van der Waals surface area contributed by atoms with Crippen molar-refractivity contribution in [1.29, 1.82) is 0 Å². The standard InChI is InChI=1S/C18H13BrClN3O4S/c1-26-17(25)12-8-10(6-7-14(12)20)21-15(24)9-28-18-23-22-16(27-18)11-4-2-3-5-13(11)19/h2-8H,9H2,1H3,(H,21,24). The van der Waals surface area contributed by atoms with Crippen LogP contribution in [0.5, 0.6) is 0 Å². The molecule has 3 aromatic rings. The Hall–Kier alpha value is -2.36. The van der Waals surface area contributed by atoms with Crippen molar-refractivity contribution in [3.8, 4) is 11.5 Å². The van der Waals surface area contributed by atoms with E-state index in [4.69, 9.17) is 16.0 Å². The van der Waals surface area contributed by atoms with E-state index in [1.807, 2.05) is 24.3 Å². The van der Waals surface area contributed by atoms with E-state index in [-0.39, 0.29) is 27.5 Å². The fourth-order valence-electron chi connectivity index (χ4n) is 2.21. The molecule has 0 atom stereocenters. The Bertz CT molecular complexity index is 1030. The van der Waals surface area contributed by atoms with Crippen LogP contribution >= 0.6 is 39.3 Å². The number of benzene rings is 2. The number of carbonyl (C=O) groups excluding carboxylic acids is 2. The van der Waals surface area contributed by atoms with Crippen molar-refractivity contribution in [2.45, 2.75) is 5.22 Å². The highest BCUT2D eigenvalue weighted by molar-refractivity contribution is 9.10. The molecule has 28 heavy (non-hydrogen) atoms. The Kier molecular flexibility index (Phi) is 6.71. The van der Waals surface area contributed by atoms with Gasteiger partial charge in [0, 0.05) is 10.2 Å². The van der Waals surface area contributed by atoms with Crippen LogP contribution in [0.25, 0.3) is 11.5 Å². The molecule has 1 amide bonds. The first kappa shape index (κ1) is 20.4. The Morgan fingerprint density at radius 1 is 1.25 bits per heavy atom. The summed E-state index contributed by atoms with van der Waals surface area (Å²) in [5.41, 5.74) is 1.36. The number of thioether (sulfide) groups is 1. The maximum absolute atomic E-state index is 12.2. The van der Waals surface area contributed by atoms with Crippen molar-refractivity contribution in [3.63, 3.8) is 0 Å². The number of hydrogen-bond acceptors (Lipinski definition) is 7. The van der Waals surface area contributed by atoms with Gasteiger partial charge < -0.3 is 14.5 Å². The van der Waals surface area contributed by atoms with E-state index in [1.54, 1.807) is 6.07 Å². The molecule has 1 aromatic heterocycles. The van der Waals surface area contributed by atoms with Gasteiger partial charge in [-0.2, -0.15) is 0 Å². The normalized spacial score (nSPS) is 10.5. The third-order valence-corrected chi connectivity index (χ3v) is 5.33. The molecule has 144 valence electrons. The van der Waals surface area contributed by atoms with Crippen molar-refractivity contribution in [2.24, 2.45) is 0 Å². The molecule has 1 N–H and O–H groups in total. The summed E-state index contributed by atoms with van der Waals surface area (Å²) in [6.07, 6.45) is 0. The lowest BCUT2D eigenvalue weighted by molar-refractivity contribution is -0.113. The molecule has 0 saturated carbocycles. The van der Waals surface area contributed by atoms with Crippen LogP contribution in [0.3, 0.4) is 0 Å². The van der Waals surface area contributed by atoms with Gasteiger partial charge in [-0.1, -0.05) is 35.5 Å². The minimum absolute atomic E-state index is 0.0494. The summed E-state index contributed by atoms with van der Waals surface area (Å²) in [5.74, 6) is -0.478. The molecule has 2 aromatic carbocycles. The molecule has 0 bridgehead atoms. The van der Waals surface area contributed by atoms with Crippen molar-refractivity contribution < 1.29 is 18.7 Å². The second-order valence-corrected chi connectivity index (χ2v) is 7.56. The number of anilines is 1. The number of rotatable bonds is 6. The molecule has 0 aliphatic heterocycles. The first-order chi connectivity index (χ1) is 13.5. The summed E-state index contributed by atoms with van der Waals surface area (Å²) in [4.78, 5) is 23.8. The molecule has 0 radical (unpaired) electrons. The van der Waals surface area contributed by atoms with E-state index in [2.05, 4.69) is 36.2 Å². The van der Waals surface area contributed by atoms with E-state index in [9.17, 15) is 9.59 Å². The number of aromatic nitrogens is 2.